The van der Waals surface area contributed by atoms with E-state index in [1.165, 1.54) is 16.8 Å². The van der Waals surface area contributed by atoms with Gasteiger partial charge in [0.15, 0.2) is 5.96 Å². The number of ether oxygens (including phenoxy) is 1. The molecule has 2 rings (SSSR count). The van der Waals surface area contributed by atoms with Crippen LogP contribution in [0.15, 0.2) is 23.2 Å². The van der Waals surface area contributed by atoms with Gasteiger partial charge >= 0.3 is 0 Å². The number of piperazine rings is 1. The molecule has 0 atom stereocenters. The summed E-state index contributed by atoms with van der Waals surface area (Å²) >= 11 is 0. The van der Waals surface area contributed by atoms with Crippen LogP contribution in [-0.2, 0) is 4.74 Å². The van der Waals surface area contributed by atoms with Crippen molar-refractivity contribution >= 4 is 35.6 Å². The van der Waals surface area contributed by atoms with Gasteiger partial charge in [-0.25, -0.2) is 0 Å². The van der Waals surface area contributed by atoms with Crippen molar-refractivity contribution in [3.8, 4) is 0 Å². The fourth-order valence-corrected chi connectivity index (χ4v) is 3.27. The molecule has 2 N–H and O–H groups in total. The first-order valence-electron chi connectivity index (χ1n) is 9.62. The Balaban J connectivity index is 0.00000364. The lowest BCUT2D eigenvalue weighted by atomic mass is 10.1. The highest BCUT2D eigenvalue weighted by atomic mass is 127. The Labute approximate surface area is 181 Å². The molecule has 6 nitrogen and oxygen atoms in total. The second-order valence-corrected chi connectivity index (χ2v) is 6.82. The summed E-state index contributed by atoms with van der Waals surface area (Å²) in [6, 6.07) is 6.61. The first kappa shape index (κ1) is 24.0. The normalized spacial score (nSPS) is 15.4. The van der Waals surface area contributed by atoms with Crippen molar-refractivity contribution in [1.82, 2.24) is 15.5 Å². The minimum Gasteiger partial charge on any atom is -0.385 e. The predicted molar refractivity (Wildman–Crippen MR) is 126 cm³/mol. The second kappa shape index (κ2) is 13.2. The summed E-state index contributed by atoms with van der Waals surface area (Å²) in [5.74, 6) is 0.870. The van der Waals surface area contributed by atoms with Gasteiger partial charge < -0.3 is 20.3 Å². The topological polar surface area (TPSA) is 52.1 Å². The number of anilines is 1. The highest BCUT2D eigenvalue weighted by molar-refractivity contribution is 14.0. The Morgan fingerprint density at radius 3 is 2.48 bits per heavy atom. The first-order chi connectivity index (χ1) is 12.7. The van der Waals surface area contributed by atoms with Gasteiger partial charge in [0.1, 0.15) is 0 Å². The molecule has 1 aromatic rings. The van der Waals surface area contributed by atoms with E-state index in [4.69, 9.17) is 4.74 Å². The highest BCUT2D eigenvalue weighted by Gasteiger charge is 2.18. The molecule has 0 radical (unpaired) electrons. The van der Waals surface area contributed by atoms with Crippen molar-refractivity contribution in [2.75, 3.05) is 71.5 Å². The van der Waals surface area contributed by atoms with E-state index in [1.807, 2.05) is 7.05 Å². The quantitative estimate of drug-likeness (QED) is 0.254. The molecule has 0 amide bonds. The average Bonchev–Trinajstić information content (AvgIpc) is 2.66. The number of benzene rings is 1. The molecule has 7 heteroatoms. The Bertz CT molecular complexity index is 573. The lowest BCUT2D eigenvalue weighted by Gasteiger charge is -2.37. The van der Waals surface area contributed by atoms with Gasteiger partial charge in [0, 0.05) is 72.3 Å². The third kappa shape index (κ3) is 7.83. The maximum absolute atomic E-state index is 5.06. The van der Waals surface area contributed by atoms with Crippen molar-refractivity contribution in [2.45, 2.75) is 20.3 Å². The largest absolute Gasteiger partial charge is 0.385 e. The van der Waals surface area contributed by atoms with Crippen LogP contribution in [0, 0.1) is 13.8 Å². The van der Waals surface area contributed by atoms with Crippen LogP contribution in [0.1, 0.15) is 17.5 Å². The molecular formula is C20H36IN5O. The molecule has 1 aliphatic heterocycles. The Kier molecular flexibility index (Phi) is 11.7. The molecule has 0 unspecified atom stereocenters. The van der Waals surface area contributed by atoms with Gasteiger partial charge in [-0.1, -0.05) is 12.1 Å². The highest BCUT2D eigenvalue weighted by Crippen LogP contribution is 2.23. The van der Waals surface area contributed by atoms with E-state index in [1.54, 1.807) is 7.11 Å². The fourth-order valence-electron chi connectivity index (χ4n) is 3.27. The zero-order chi connectivity index (χ0) is 18.8. The number of rotatable bonds is 8. The fraction of sp³-hybridized carbons (Fsp3) is 0.650. The Morgan fingerprint density at radius 1 is 1.11 bits per heavy atom. The Morgan fingerprint density at radius 2 is 1.81 bits per heavy atom. The average molecular weight is 489 g/mol. The van der Waals surface area contributed by atoms with Crippen LogP contribution in [0.5, 0.6) is 0 Å². The number of hydrogen-bond acceptors (Lipinski definition) is 4. The van der Waals surface area contributed by atoms with Crippen molar-refractivity contribution in [2.24, 2.45) is 4.99 Å². The minimum atomic E-state index is 0. The maximum atomic E-state index is 5.06. The van der Waals surface area contributed by atoms with Crippen molar-refractivity contribution in [1.29, 1.82) is 0 Å². The maximum Gasteiger partial charge on any atom is 0.191 e. The zero-order valence-electron chi connectivity index (χ0n) is 17.3. The number of aliphatic imine (C=N–C) groups is 1. The molecule has 1 aromatic carbocycles. The number of nitrogens with zero attached hydrogens (tertiary/aromatic N) is 3. The van der Waals surface area contributed by atoms with Crippen LogP contribution < -0.4 is 15.5 Å². The van der Waals surface area contributed by atoms with E-state index >= 15 is 0 Å². The predicted octanol–water partition coefficient (Wildman–Crippen LogP) is 2.24. The molecule has 27 heavy (non-hydrogen) atoms. The summed E-state index contributed by atoms with van der Waals surface area (Å²) in [6.07, 6.45) is 0.984. The molecule has 154 valence electrons. The van der Waals surface area contributed by atoms with Gasteiger partial charge in [0.2, 0.25) is 0 Å². The third-order valence-corrected chi connectivity index (χ3v) is 5.05. The molecule has 0 spiro atoms. The van der Waals surface area contributed by atoms with Crippen LogP contribution in [0.2, 0.25) is 0 Å². The molecule has 1 fully saturated rings. The number of guanidine groups is 1. The second-order valence-electron chi connectivity index (χ2n) is 6.82. The first-order valence-corrected chi connectivity index (χ1v) is 9.62. The molecular weight excluding hydrogens is 453 g/mol. The van der Waals surface area contributed by atoms with E-state index in [2.05, 4.69) is 57.5 Å². The van der Waals surface area contributed by atoms with Crippen LogP contribution in [0.25, 0.3) is 0 Å². The molecule has 0 bridgehead atoms. The third-order valence-electron chi connectivity index (χ3n) is 5.05. The van der Waals surface area contributed by atoms with Crippen LogP contribution >= 0.6 is 24.0 Å². The van der Waals surface area contributed by atoms with Gasteiger partial charge in [-0.15, -0.1) is 24.0 Å². The molecule has 1 heterocycles. The lowest BCUT2D eigenvalue weighted by molar-refractivity contribution is 0.195. The van der Waals surface area contributed by atoms with Gasteiger partial charge in [0.25, 0.3) is 0 Å². The zero-order valence-corrected chi connectivity index (χ0v) is 19.6. The Hall–Kier alpha value is -1.06. The van der Waals surface area contributed by atoms with E-state index in [0.717, 1.165) is 64.8 Å². The van der Waals surface area contributed by atoms with Gasteiger partial charge in [-0.2, -0.15) is 0 Å². The van der Waals surface area contributed by atoms with Crippen molar-refractivity contribution in [3.63, 3.8) is 0 Å². The monoisotopic (exact) mass is 489 g/mol. The van der Waals surface area contributed by atoms with E-state index in [-0.39, 0.29) is 24.0 Å². The summed E-state index contributed by atoms with van der Waals surface area (Å²) in [4.78, 5) is 9.30. The van der Waals surface area contributed by atoms with Crippen LogP contribution in [0.3, 0.4) is 0 Å². The smallest absolute Gasteiger partial charge is 0.191 e. The lowest BCUT2D eigenvalue weighted by Crippen LogP contribution is -2.49. The van der Waals surface area contributed by atoms with E-state index in [0.29, 0.717) is 0 Å². The number of methoxy groups -OCH3 is 1. The molecule has 0 saturated carbocycles. The molecule has 0 aromatic heterocycles. The number of halogens is 1. The van der Waals surface area contributed by atoms with Gasteiger partial charge in [-0.05, 0) is 37.5 Å². The number of nitrogens with one attached hydrogen (secondary N) is 2. The van der Waals surface area contributed by atoms with Crippen LogP contribution in [-0.4, -0.2) is 77.4 Å². The van der Waals surface area contributed by atoms with E-state index < -0.39 is 0 Å². The standard InChI is InChI=1S/C20H35N5O.HI/c1-17-7-5-8-19(18(17)2)25-14-12-24(13-15-25)11-10-23-20(21-3)22-9-6-16-26-4;/h5,7-8H,6,9-16H2,1-4H3,(H2,21,22,23);1H. The van der Waals surface area contributed by atoms with Gasteiger partial charge in [-0.3, -0.25) is 9.89 Å². The van der Waals surface area contributed by atoms with Gasteiger partial charge in [0.05, 0.1) is 0 Å². The molecule has 1 aliphatic rings. The molecule has 0 aliphatic carbocycles. The summed E-state index contributed by atoms with van der Waals surface area (Å²) in [5.41, 5.74) is 4.17. The molecule has 1 saturated heterocycles. The van der Waals surface area contributed by atoms with Crippen LogP contribution in [0.4, 0.5) is 5.69 Å². The van der Waals surface area contributed by atoms with Crippen molar-refractivity contribution in [3.05, 3.63) is 29.3 Å². The summed E-state index contributed by atoms with van der Waals surface area (Å²) < 4.78 is 5.06. The van der Waals surface area contributed by atoms with Crippen molar-refractivity contribution < 1.29 is 4.74 Å². The SMILES string of the molecule is CN=C(NCCCOC)NCCN1CCN(c2cccc(C)c2C)CC1.I. The summed E-state index contributed by atoms with van der Waals surface area (Å²) in [6.45, 7) is 12.4. The number of hydrogen-bond donors (Lipinski definition) is 2. The number of aryl methyl sites for hydroxylation is 1. The summed E-state index contributed by atoms with van der Waals surface area (Å²) in [5, 5.41) is 6.71. The van der Waals surface area contributed by atoms with E-state index in [9.17, 15) is 0 Å². The minimum absolute atomic E-state index is 0. The summed E-state index contributed by atoms with van der Waals surface area (Å²) in [7, 11) is 3.54.